The molecule has 1 N–H and O–H groups in total. The number of nitrogens with zero attached hydrogens (tertiary/aromatic N) is 1. The van der Waals surface area contributed by atoms with E-state index in [0.717, 1.165) is 19.1 Å². The van der Waals surface area contributed by atoms with E-state index in [4.69, 9.17) is 4.74 Å². The number of carbonyl (C=O) groups is 2. The lowest BCUT2D eigenvalue weighted by atomic mass is 9.78. The lowest BCUT2D eigenvalue weighted by molar-refractivity contribution is -0.113. The second-order valence-corrected chi connectivity index (χ2v) is 6.19. The van der Waals surface area contributed by atoms with Crippen molar-refractivity contribution in [1.82, 2.24) is 0 Å². The molecule has 1 amide bonds. The van der Waals surface area contributed by atoms with E-state index < -0.39 is 17.3 Å². The number of ether oxygens (including phenoxy) is 1. The van der Waals surface area contributed by atoms with Gasteiger partial charge in [-0.05, 0) is 52.4 Å². The average molecular weight is 269 g/mol. The van der Waals surface area contributed by atoms with Crippen LogP contribution in [0.4, 0.5) is 4.79 Å². The van der Waals surface area contributed by atoms with Crippen molar-refractivity contribution in [3.8, 4) is 0 Å². The van der Waals surface area contributed by atoms with Gasteiger partial charge in [-0.15, -0.1) is 0 Å². The van der Waals surface area contributed by atoms with Crippen molar-refractivity contribution in [3.63, 3.8) is 0 Å². The van der Waals surface area contributed by atoms with Crippen molar-refractivity contribution >= 4 is 18.6 Å². The number of aliphatic hydroxyl groups is 1. The summed E-state index contributed by atoms with van der Waals surface area (Å²) in [5.41, 5.74) is -1.40. The highest BCUT2D eigenvalue weighted by Gasteiger charge is 2.32. The van der Waals surface area contributed by atoms with Crippen molar-refractivity contribution < 1.29 is 19.4 Å². The zero-order valence-corrected chi connectivity index (χ0v) is 11.9. The van der Waals surface area contributed by atoms with Crippen molar-refractivity contribution in [1.29, 1.82) is 0 Å². The third kappa shape index (κ3) is 5.96. The molecule has 0 saturated heterocycles. The highest BCUT2D eigenvalue weighted by atomic mass is 16.6. The number of hydrogen-bond acceptors (Lipinski definition) is 4. The van der Waals surface area contributed by atoms with Crippen LogP contribution in [0.25, 0.3) is 0 Å². The standard InChI is InChI=1S/C14H23NO4/c1-13(2,3)19-12(17)15-10-11-4-6-14(18,7-5-11)8-9-16/h9-11,18H,4-8H2,1-3H3. The minimum atomic E-state index is -0.863. The molecule has 5 nitrogen and oxygen atoms in total. The van der Waals surface area contributed by atoms with E-state index in [1.165, 1.54) is 0 Å². The molecule has 1 rings (SSSR count). The number of amides is 1. The van der Waals surface area contributed by atoms with E-state index in [2.05, 4.69) is 4.99 Å². The molecule has 0 bridgehead atoms. The Morgan fingerprint density at radius 3 is 2.47 bits per heavy atom. The molecule has 0 spiro atoms. The molecular weight excluding hydrogens is 246 g/mol. The molecule has 1 aliphatic carbocycles. The van der Waals surface area contributed by atoms with Gasteiger partial charge in [0.1, 0.15) is 11.9 Å². The summed E-state index contributed by atoms with van der Waals surface area (Å²) >= 11 is 0. The maximum Gasteiger partial charge on any atom is 0.433 e. The number of rotatable bonds is 3. The Kier molecular flexibility index (Phi) is 5.23. The van der Waals surface area contributed by atoms with E-state index in [-0.39, 0.29) is 12.3 Å². The van der Waals surface area contributed by atoms with Gasteiger partial charge in [-0.2, -0.15) is 4.99 Å². The van der Waals surface area contributed by atoms with Crippen LogP contribution in [0.1, 0.15) is 52.9 Å². The minimum Gasteiger partial charge on any atom is -0.442 e. The molecule has 0 heterocycles. The summed E-state index contributed by atoms with van der Waals surface area (Å²) in [6.45, 7) is 5.38. The number of aldehydes is 1. The maximum absolute atomic E-state index is 11.4. The molecule has 19 heavy (non-hydrogen) atoms. The van der Waals surface area contributed by atoms with Crippen LogP contribution in [0.2, 0.25) is 0 Å². The van der Waals surface area contributed by atoms with Gasteiger partial charge in [0, 0.05) is 12.6 Å². The second kappa shape index (κ2) is 6.28. The van der Waals surface area contributed by atoms with E-state index in [0.29, 0.717) is 12.8 Å². The third-order valence-corrected chi connectivity index (χ3v) is 3.21. The van der Waals surface area contributed by atoms with Crippen LogP contribution in [0.3, 0.4) is 0 Å². The SMILES string of the molecule is CC(C)(C)OC(=O)N=CC1CCC(O)(CC=O)CC1. The number of aliphatic imine (C=N–C) groups is 1. The van der Waals surface area contributed by atoms with Crippen molar-refractivity contribution in [2.24, 2.45) is 10.9 Å². The lowest BCUT2D eigenvalue weighted by Crippen LogP contribution is -2.34. The van der Waals surface area contributed by atoms with E-state index >= 15 is 0 Å². The summed E-state index contributed by atoms with van der Waals surface area (Å²) in [6.07, 6.45) is 4.56. The Bertz CT molecular complexity index is 349. The van der Waals surface area contributed by atoms with Crippen LogP contribution in [0.5, 0.6) is 0 Å². The molecule has 0 aromatic heterocycles. The molecule has 108 valence electrons. The van der Waals surface area contributed by atoms with Crippen molar-refractivity contribution in [2.45, 2.75) is 64.1 Å². The second-order valence-electron chi connectivity index (χ2n) is 6.19. The quantitative estimate of drug-likeness (QED) is 0.631. The monoisotopic (exact) mass is 269 g/mol. The van der Waals surface area contributed by atoms with Crippen LogP contribution in [-0.2, 0) is 9.53 Å². The smallest absolute Gasteiger partial charge is 0.433 e. The molecule has 1 saturated carbocycles. The van der Waals surface area contributed by atoms with Crippen LogP contribution in [0.15, 0.2) is 4.99 Å². The zero-order valence-electron chi connectivity index (χ0n) is 11.9. The van der Waals surface area contributed by atoms with Crippen molar-refractivity contribution in [2.75, 3.05) is 0 Å². The minimum absolute atomic E-state index is 0.166. The van der Waals surface area contributed by atoms with Crippen LogP contribution in [0, 0.1) is 5.92 Å². The molecule has 0 radical (unpaired) electrons. The topological polar surface area (TPSA) is 76.0 Å². The Morgan fingerprint density at radius 2 is 2.00 bits per heavy atom. The van der Waals surface area contributed by atoms with Gasteiger partial charge >= 0.3 is 6.09 Å². The Labute approximate surface area is 114 Å². The van der Waals surface area contributed by atoms with E-state index in [1.54, 1.807) is 27.0 Å². The van der Waals surface area contributed by atoms with Gasteiger partial charge in [0.15, 0.2) is 0 Å². The first kappa shape index (κ1) is 15.8. The fourth-order valence-corrected chi connectivity index (χ4v) is 2.14. The molecule has 0 aromatic rings. The van der Waals surface area contributed by atoms with Crippen LogP contribution < -0.4 is 0 Å². The lowest BCUT2D eigenvalue weighted by Gasteiger charge is -2.33. The summed E-state index contributed by atoms with van der Waals surface area (Å²) in [6, 6.07) is 0. The van der Waals surface area contributed by atoms with Crippen LogP contribution >= 0.6 is 0 Å². The Balaban J connectivity index is 2.40. The van der Waals surface area contributed by atoms with Crippen LogP contribution in [-0.4, -0.2) is 34.9 Å². The third-order valence-electron chi connectivity index (χ3n) is 3.21. The van der Waals surface area contributed by atoms with Gasteiger partial charge in [0.2, 0.25) is 0 Å². The normalized spacial score (nSPS) is 28.3. The first-order valence-corrected chi connectivity index (χ1v) is 6.67. The molecule has 1 aliphatic rings. The van der Waals surface area contributed by atoms with E-state index in [1.807, 2.05) is 0 Å². The highest BCUT2D eigenvalue weighted by Crippen LogP contribution is 2.33. The molecule has 0 aliphatic heterocycles. The van der Waals surface area contributed by atoms with Gasteiger partial charge in [-0.3, -0.25) is 0 Å². The van der Waals surface area contributed by atoms with Gasteiger partial charge in [-0.25, -0.2) is 4.79 Å². The van der Waals surface area contributed by atoms with Gasteiger partial charge in [0.25, 0.3) is 0 Å². The average Bonchev–Trinajstić information content (AvgIpc) is 2.26. The predicted octanol–water partition coefficient (Wildman–Crippen LogP) is 2.50. The first-order valence-electron chi connectivity index (χ1n) is 6.67. The number of carbonyl (C=O) groups excluding carboxylic acids is 2. The molecular formula is C14H23NO4. The highest BCUT2D eigenvalue weighted by molar-refractivity contribution is 5.80. The molecule has 1 fully saturated rings. The van der Waals surface area contributed by atoms with Gasteiger partial charge < -0.3 is 14.6 Å². The predicted molar refractivity (Wildman–Crippen MR) is 72.3 cm³/mol. The fraction of sp³-hybridized carbons (Fsp3) is 0.786. The Morgan fingerprint density at radius 1 is 1.42 bits per heavy atom. The summed E-state index contributed by atoms with van der Waals surface area (Å²) in [4.78, 5) is 25.7. The zero-order chi connectivity index (χ0) is 14.5. The molecule has 0 atom stereocenters. The van der Waals surface area contributed by atoms with E-state index in [9.17, 15) is 14.7 Å². The summed E-state index contributed by atoms with van der Waals surface area (Å²) in [7, 11) is 0. The van der Waals surface area contributed by atoms with Crippen molar-refractivity contribution in [3.05, 3.63) is 0 Å². The number of hydrogen-bond donors (Lipinski definition) is 1. The first-order chi connectivity index (χ1) is 8.74. The largest absolute Gasteiger partial charge is 0.442 e. The summed E-state index contributed by atoms with van der Waals surface area (Å²) in [5.74, 6) is 0.166. The van der Waals surface area contributed by atoms with Gasteiger partial charge in [0.05, 0.1) is 5.60 Å². The van der Waals surface area contributed by atoms with Gasteiger partial charge in [-0.1, -0.05) is 0 Å². The summed E-state index contributed by atoms with van der Waals surface area (Å²) < 4.78 is 5.08. The maximum atomic E-state index is 11.4. The molecule has 0 aromatic carbocycles. The molecule has 5 heteroatoms. The summed E-state index contributed by atoms with van der Waals surface area (Å²) in [5, 5.41) is 10.1. The Hall–Kier alpha value is -1.23. The fourth-order valence-electron chi connectivity index (χ4n) is 2.14. The molecule has 0 unspecified atom stereocenters.